The molecule has 3 aromatic rings. The van der Waals surface area contributed by atoms with Crippen LogP contribution < -0.4 is 5.32 Å². The second-order valence-electron chi connectivity index (χ2n) is 5.14. The Balaban J connectivity index is 1.93. The number of nitrogens with one attached hydrogen (secondary N) is 1. The molecule has 0 aliphatic heterocycles. The van der Waals surface area contributed by atoms with Gasteiger partial charge in [-0.1, -0.05) is 46.6 Å². The van der Waals surface area contributed by atoms with E-state index in [4.69, 9.17) is 27.9 Å². The number of rotatable bonds is 5. The van der Waals surface area contributed by atoms with E-state index in [0.29, 0.717) is 21.4 Å². The summed E-state index contributed by atoms with van der Waals surface area (Å²) in [6, 6.07) is 14.2. The highest BCUT2D eigenvalue weighted by atomic mass is 35.5. The Morgan fingerprint density at radius 3 is 2.64 bits per heavy atom. The first-order chi connectivity index (χ1) is 12.1. The summed E-state index contributed by atoms with van der Waals surface area (Å²) in [4.78, 5) is 12.6. The van der Waals surface area contributed by atoms with Gasteiger partial charge in [0, 0.05) is 12.1 Å². The average molecular weight is 377 g/mol. The smallest absolute Gasteiger partial charge is 0.278 e. The summed E-state index contributed by atoms with van der Waals surface area (Å²) in [6.07, 6.45) is 0. The molecule has 0 atom stereocenters. The van der Waals surface area contributed by atoms with Gasteiger partial charge in [0.2, 0.25) is 0 Å². The lowest BCUT2D eigenvalue weighted by Gasteiger charge is -2.09. The van der Waals surface area contributed by atoms with Crippen LogP contribution in [0.4, 0.5) is 5.69 Å². The number of amides is 1. The van der Waals surface area contributed by atoms with Crippen molar-refractivity contribution in [3.8, 4) is 5.69 Å². The molecule has 1 amide bonds. The Kier molecular flexibility index (Phi) is 5.33. The first kappa shape index (κ1) is 17.4. The third-order valence-electron chi connectivity index (χ3n) is 3.44. The molecule has 0 saturated heterocycles. The van der Waals surface area contributed by atoms with Gasteiger partial charge in [0.1, 0.15) is 5.69 Å². The molecule has 1 N–H and O–H groups in total. The van der Waals surface area contributed by atoms with Crippen LogP contribution >= 0.6 is 23.2 Å². The van der Waals surface area contributed by atoms with E-state index in [1.54, 1.807) is 30.0 Å². The van der Waals surface area contributed by atoms with Crippen LogP contribution in [0.1, 0.15) is 16.2 Å². The summed E-state index contributed by atoms with van der Waals surface area (Å²) in [5.74, 6) is -0.432. The number of para-hydroxylation sites is 1. The normalized spacial score (nSPS) is 10.7. The fourth-order valence-corrected chi connectivity index (χ4v) is 2.75. The monoisotopic (exact) mass is 376 g/mol. The predicted octanol–water partition coefficient (Wildman–Crippen LogP) is 3.97. The number of methoxy groups -OCH3 is 1. The zero-order valence-corrected chi connectivity index (χ0v) is 14.8. The molecule has 0 aliphatic rings. The number of ether oxygens (including phenoxy) is 1. The SMILES string of the molecule is COCc1c(C(=O)Nc2ccc(Cl)cc2Cl)nnn1-c1ccccc1. The van der Waals surface area contributed by atoms with Crippen LogP contribution in [-0.4, -0.2) is 28.0 Å². The maximum Gasteiger partial charge on any atom is 0.278 e. The molecule has 0 fully saturated rings. The van der Waals surface area contributed by atoms with Crippen LogP contribution in [0.5, 0.6) is 0 Å². The summed E-state index contributed by atoms with van der Waals surface area (Å²) >= 11 is 12.0. The Labute approximate surface area is 154 Å². The maximum absolute atomic E-state index is 12.6. The van der Waals surface area contributed by atoms with Crippen LogP contribution in [0.2, 0.25) is 10.0 Å². The molecule has 2 aromatic carbocycles. The number of hydrogen-bond donors (Lipinski definition) is 1. The first-order valence-electron chi connectivity index (χ1n) is 7.35. The Morgan fingerprint density at radius 2 is 1.96 bits per heavy atom. The highest BCUT2D eigenvalue weighted by Gasteiger charge is 2.21. The topological polar surface area (TPSA) is 69.0 Å². The van der Waals surface area contributed by atoms with Gasteiger partial charge in [0.25, 0.3) is 5.91 Å². The van der Waals surface area contributed by atoms with Gasteiger partial charge < -0.3 is 10.1 Å². The Hall–Kier alpha value is -2.41. The number of benzene rings is 2. The van der Waals surface area contributed by atoms with Crippen molar-refractivity contribution in [1.82, 2.24) is 15.0 Å². The molecule has 1 heterocycles. The summed E-state index contributed by atoms with van der Waals surface area (Å²) in [5, 5.41) is 11.6. The number of halogens is 2. The highest BCUT2D eigenvalue weighted by molar-refractivity contribution is 6.36. The van der Waals surface area contributed by atoms with Gasteiger partial charge >= 0.3 is 0 Å². The molecule has 8 heteroatoms. The van der Waals surface area contributed by atoms with E-state index >= 15 is 0 Å². The van der Waals surface area contributed by atoms with Gasteiger partial charge in [-0.25, -0.2) is 4.68 Å². The highest BCUT2D eigenvalue weighted by Crippen LogP contribution is 2.26. The molecular weight excluding hydrogens is 363 g/mol. The summed E-state index contributed by atoms with van der Waals surface area (Å²) in [7, 11) is 1.54. The molecule has 1 aromatic heterocycles. The van der Waals surface area contributed by atoms with Gasteiger partial charge in [0.05, 0.1) is 23.0 Å². The molecular formula is C17H14Cl2N4O2. The van der Waals surface area contributed by atoms with Crippen LogP contribution in [-0.2, 0) is 11.3 Å². The van der Waals surface area contributed by atoms with E-state index in [1.807, 2.05) is 30.3 Å². The van der Waals surface area contributed by atoms with Gasteiger partial charge in [-0.2, -0.15) is 0 Å². The van der Waals surface area contributed by atoms with E-state index in [-0.39, 0.29) is 12.3 Å². The summed E-state index contributed by atoms with van der Waals surface area (Å²) in [6.45, 7) is 0.180. The lowest BCUT2D eigenvalue weighted by Crippen LogP contribution is -2.16. The van der Waals surface area contributed by atoms with E-state index in [2.05, 4.69) is 15.6 Å². The van der Waals surface area contributed by atoms with Gasteiger partial charge in [0.15, 0.2) is 5.69 Å². The molecule has 0 radical (unpaired) electrons. The molecule has 0 unspecified atom stereocenters. The third kappa shape index (κ3) is 3.82. The largest absolute Gasteiger partial charge is 0.378 e. The predicted molar refractivity (Wildman–Crippen MR) is 96.5 cm³/mol. The second kappa shape index (κ2) is 7.65. The van der Waals surface area contributed by atoms with Gasteiger partial charge in [-0.05, 0) is 30.3 Å². The zero-order chi connectivity index (χ0) is 17.8. The first-order valence-corrected chi connectivity index (χ1v) is 8.11. The molecule has 0 bridgehead atoms. The lowest BCUT2D eigenvalue weighted by molar-refractivity contribution is 0.101. The summed E-state index contributed by atoms with van der Waals surface area (Å²) < 4.78 is 6.78. The van der Waals surface area contributed by atoms with Crippen LogP contribution in [0, 0.1) is 0 Å². The van der Waals surface area contributed by atoms with E-state index in [1.165, 1.54) is 0 Å². The molecule has 0 aliphatic carbocycles. The fraction of sp³-hybridized carbons (Fsp3) is 0.118. The van der Waals surface area contributed by atoms with Crippen molar-refractivity contribution in [1.29, 1.82) is 0 Å². The minimum atomic E-state index is -0.432. The van der Waals surface area contributed by atoms with Crippen LogP contribution in [0.3, 0.4) is 0 Å². The summed E-state index contributed by atoms with van der Waals surface area (Å²) in [5.41, 5.74) is 1.92. The van der Waals surface area contributed by atoms with Gasteiger partial charge in [-0.3, -0.25) is 4.79 Å². The minimum Gasteiger partial charge on any atom is -0.378 e. The van der Waals surface area contributed by atoms with Crippen molar-refractivity contribution in [2.75, 3.05) is 12.4 Å². The number of aromatic nitrogens is 3. The number of nitrogens with zero attached hydrogens (tertiary/aromatic N) is 3. The number of anilines is 1. The molecule has 6 nitrogen and oxygen atoms in total. The molecule has 128 valence electrons. The van der Waals surface area contributed by atoms with Crippen molar-refractivity contribution in [2.45, 2.75) is 6.61 Å². The molecule has 0 spiro atoms. The van der Waals surface area contributed by atoms with E-state index < -0.39 is 5.91 Å². The second-order valence-corrected chi connectivity index (χ2v) is 5.99. The molecule has 0 saturated carbocycles. The van der Waals surface area contributed by atoms with E-state index in [9.17, 15) is 4.79 Å². The standard InChI is InChI=1S/C17H14Cl2N4O2/c1-25-10-15-16(21-22-23(15)12-5-3-2-4-6-12)17(24)20-14-8-7-11(18)9-13(14)19/h2-9H,10H2,1H3,(H,20,24). The van der Waals surface area contributed by atoms with Crippen LogP contribution in [0.25, 0.3) is 5.69 Å². The fourth-order valence-electron chi connectivity index (χ4n) is 2.29. The molecule has 3 rings (SSSR count). The number of carbonyl (C=O) groups is 1. The average Bonchev–Trinajstić information content (AvgIpc) is 3.02. The zero-order valence-electron chi connectivity index (χ0n) is 13.2. The van der Waals surface area contributed by atoms with Crippen molar-refractivity contribution >= 4 is 34.8 Å². The number of carbonyl (C=O) groups excluding carboxylic acids is 1. The lowest BCUT2D eigenvalue weighted by atomic mass is 10.2. The Morgan fingerprint density at radius 1 is 1.20 bits per heavy atom. The van der Waals surface area contributed by atoms with Crippen molar-refractivity contribution < 1.29 is 9.53 Å². The quantitative estimate of drug-likeness (QED) is 0.731. The number of hydrogen-bond acceptors (Lipinski definition) is 4. The third-order valence-corrected chi connectivity index (χ3v) is 3.99. The van der Waals surface area contributed by atoms with E-state index in [0.717, 1.165) is 5.69 Å². The Bertz CT molecular complexity index is 897. The van der Waals surface area contributed by atoms with Crippen molar-refractivity contribution in [3.63, 3.8) is 0 Å². The van der Waals surface area contributed by atoms with Crippen LogP contribution in [0.15, 0.2) is 48.5 Å². The maximum atomic E-state index is 12.6. The van der Waals surface area contributed by atoms with Crippen molar-refractivity contribution in [3.05, 3.63) is 70.0 Å². The van der Waals surface area contributed by atoms with Gasteiger partial charge in [-0.15, -0.1) is 5.10 Å². The molecule has 25 heavy (non-hydrogen) atoms. The minimum absolute atomic E-state index is 0.164. The van der Waals surface area contributed by atoms with Crippen molar-refractivity contribution in [2.24, 2.45) is 0 Å².